The van der Waals surface area contributed by atoms with E-state index in [1.165, 1.54) is 64.2 Å². The first kappa shape index (κ1) is 31.3. The molecule has 0 radical (unpaired) electrons. The summed E-state index contributed by atoms with van der Waals surface area (Å²) in [5.74, 6) is 8.17. The summed E-state index contributed by atoms with van der Waals surface area (Å²) in [7, 11) is 0. The summed E-state index contributed by atoms with van der Waals surface area (Å²) in [6.45, 7) is 24.8. The van der Waals surface area contributed by atoms with Crippen LogP contribution in [0.15, 0.2) is 0 Å². The Balaban J connectivity index is 1.46. The van der Waals surface area contributed by atoms with Gasteiger partial charge in [-0.05, 0) is 115 Å². The molecule has 0 spiro atoms. The van der Waals surface area contributed by atoms with Gasteiger partial charge in [0.05, 0.1) is 12.2 Å². The average molecular weight is 557 g/mol. The number of rotatable bonds is 5. The van der Waals surface area contributed by atoms with Crippen molar-refractivity contribution in [1.29, 1.82) is 0 Å². The maximum atomic E-state index is 12.1. The van der Waals surface area contributed by atoms with Crippen LogP contribution in [0.2, 0.25) is 0 Å². The van der Waals surface area contributed by atoms with Crippen LogP contribution in [0.1, 0.15) is 140 Å². The molecule has 5 rings (SSSR count). The molecule has 0 amide bonds. The van der Waals surface area contributed by atoms with Gasteiger partial charge in [-0.3, -0.25) is 0 Å². The summed E-state index contributed by atoms with van der Waals surface area (Å²) in [6, 6.07) is 0. The smallest absolute Gasteiger partial charge is 0.0656 e. The normalized spacial score (nSPS) is 54.4. The Morgan fingerprint density at radius 1 is 0.850 bits per heavy atom. The zero-order valence-corrected chi connectivity index (χ0v) is 28.3. The van der Waals surface area contributed by atoms with Crippen LogP contribution in [0, 0.1) is 87.3 Å². The minimum atomic E-state index is -0.449. The molecule has 0 heterocycles. The molecule has 0 bridgehead atoms. The molecular formula is C38H68O2. The van der Waals surface area contributed by atoms with Crippen molar-refractivity contribution in [2.75, 3.05) is 0 Å². The highest BCUT2D eigenvalue weighted by Crippen LogP contribution is 2.74. The Morgan fingerprint density at radius 2 is 1.50 bits per heavy atom. The number of fused-ring (bicyclic) bond motifs is 3. The quantitative estimate of drug-likeness (QED) is 0.354. The van der Waals surface area contributed by atoms with Gasteiger partial charge in [-0.25, -0.2) is 0 Å². The first-order valence-corrected chi connectivity index (χ1v) is 18.0. The predicted octanol–water partition coefficient (Wildman–Crippen LogP) is 9.62. The van der Waals surface area contributed by atoms with Gasteiger partial charge in [0.25, 0.3) is 0 Å². The standard InChI is InChI=1S/C38H68O2/c1-22(2)30-18-29(17-16-28-14-12-11-13-15-28)24(4)33-25(5)34-26(6)38(10)35(40)32(27(7)39)23(3)19-37(38,9)21-36(34,8)20-31(30)33/h22-35,39-40H,11-21H2,1-10H3. The van der Waals surface area contributed by atoms with Crippen LogP contribution < -0.4 is 0 Å². The summed E-state index contributed by atoms with van der Waals surface area (Å²) in [4.78, 5) is 0. The minimum Gasteiger partial charge on any atom is -0.393 e. The van der Waals surface area contributed by atoms with E-state index in [1.807, 2.05) is 6.92 Å². The first-order valence-electron chi connectivity index (χ1n) is 18.0. The largest absolute Gasteiger partial charge is 0.393 e. The van der Waals surface area contributed by atoms with Crippen molar-refractivity contribution in [1.82, 2.24) is 0 Å². The highest BCUT2D eigenvalue weighted by molar-refractivity contribution is 5.18. The van der Waals surface area contributed by atoms with Crippen LogP contribution in [0.5, 0.6) is 0 Å². The lowest BCUT2D eigenvalue weighted by atomic mass is 9.32. The lowest BCUT2D eigenvalue weighted by Crippen LogP contribution is -2.69. The Bertz CT molecular complexity index is 875. The summed E-state index contributed by atoms with van der Waals surface area (Å²) in [5.41, 5.74) is 0.305. The molecule has 0 aromatic rings. The van der Waals surface area contributed by atoms with E-state index < -0.39 is 12.2 Å². The molecule has 232 valence electrons. The van der Waals surface area contributed by atoms with Gasteiger partial charge in [0.2, 0.25) is 0 Å². The van der Waals surface area contributed by atoms with Gasteiger partial charge in [-0.2, -0.15) is 0 Å². The lowest BCUT2D eigenvalue weighted by molar-refractivity contribution is -0.271. The predicted molar refractivity (Wildman–Crippen MR) is 169 cm³/mol. The van der Waals surface area contributed by atoms with E-state index >= 15 is 0 Å². The summed E-state index contributed by atoms with van der Waals surface area (Å²) in [6.07, 6.45) is 14.7. The third-order valence-electron chi connectivity index (χ3n) is 15.7. The molecule has 5 aliphatic rings. The fourth-order valence-electron chi connectivity index (χ4n) is 14.0. The maximum Gasteiger partial charge on any atom is 0.0656 e. The van der Waals surface area contributed by atoms with E-state index in [0.29, 0.717) is 29.1 Å². The van der Waals surface area contributed by atoms with Gasteiger partial charge in [0.15, 0.2) is 0 Å². The van der Waals surface area contributed by atoms with Crippen molar-refractivity contribution in [3.05, 3.63) is 0 Å². The van der Waals surface area contributed by atoms with E-state index in [-0.39, 0.29) is 16.7 Å². The maximum absolute atomic E-state index is 12.1. The van der Waals surface area contributed by atoms with Gasteiger partial charge in [-0.15, -0.1) is 0 Å². The number of aliphatic hydroxyl groups is 2. The molecule has 2 nitrogen and oxygen atoms in total. The summed E-state index contributed by atoms with van der Waals surface area (Å²) < 4.78 is 0. The van der Waals surface area contributed by atoms with Crippen molar-refractivity contribution < 1.29 is 10.2 Å². The second-order valence-corrected chi connectivity index (χ2v) is 18.1. The van der Waals surface area contributed by atoms with Crippen molar-refractivity contribution in [3.8, 4) is 0 Å². The van der Waals surface area contributed by atoms with Gasteiger partial charge >= 0.3 is 0 Å². The molecule has 5 saturated carbocycles. The fourth-order valence-corrected chi connectivity index (χ4v) is 14.0. The van der Waals surface area contributed by atoms with Crippen LogP contribution in [0.3, 0.4) is 0 Å². The van der Waals surface area contributed by atoms with Crippen molar-refractivity contribution in [2.45, 2.75) is 152 Å². The van der Waals surface area contributed by atoms with E-state index in [4.69, 9.17) is 0 Å². The Kier molecular flexibility index (Phi) is 8.72. The van der Waals surface area contributed by atoms with Crippen molar-refractivity contribution >= 4 is 0 Å². The molecule has 0 aliphatic heterocycles. The van der Waals surface area contributed by atoms with Crippen molar-refractivity contribution in [2.24, 2.45) is 87.3 Å². The number of aliphatic hydroxyl groups excluding tert-OH is 2. The third-order valence-corrected chi connectivity index (χ3v) is 15.7. The highest BCUT2D eigenvalue weighted by Gasteiger charge is 2.70. The average Bonchev–Trinajstić information content (AvgIpc) is 2.85. The summed E-state index contributed by atoms with van der Waals surface area (Å²) in [5, 5.41) is 22.9. The molecule has 2 N–H and O–H groups in total. The third kappa shape index (κ3) is 4.79. The van der Waals surface area contributed by atoms with Gasteiger partial charge < -0.3 is 10.2 Å². The van der Waals surface area contributed by atoms with Gasteiger partial charge in [0, 0.05) is 11.3 Å². The Hall–Kier alpha value is -0.0800. The van der Waals surface area contributed by atoms with E-state index in [9.17, 15) is 10.2 Å². The topological polar surface area (TPSA) is 40.5 Å². The molecule has 0 aromatic carbocycles. The van der Waals surface area contributed by atoms with Crippen LogP contribution >= 0.6 is 0 Å². The van der Waals surface area contributed by atoms with E-state index in [0.717, 1.165) is 47.8 Å². The second kappa shape index (κ2) is 11.1. The molecular weight excluding hydrogens is 488 g/mol. The van der Waals surface area contributed by atoms with E-state index in [1.54, 1.807) is 0 Å². The molecule has 2 heteroatoms. The second-order valence-electron chi connectivity index (χ2n) is 18.1. The van der Waals surface area contributed by atoms with E-state index in [2.05, 4.69) is 62.3 Å². The van der Waals surface area contributed by atoms with Crippen LogP contribution in [0.25, 0.3) is 0 Å². The molecule has 40 heavy (non-hydrogen) atoms. The molecule has 0 aromatic heterocycles. The van der Waals surface area contributed by atoms with Gasteiger partial charge in [-0.1, -0.05) is 101 Å². The monoisotopic (exact) mass is 557 g/mol. The Labute approximate surface area is 249 Å². The molecule has 15 unspecified atom stereocenters. The molecule has 5 fully saturated rings. The van der Waals surface area contributed by atoms with Crippen LogP contribution in [-0.4, -0.2) is 22.4 Å². The molecule has 15 atom stereocenters. The SMILES string of the molecule is CC(C)C1CC(CCC2CCCCC2)C(C)C2C(C)C3C(C)C4(C)C(O)C(C(C)O)C(C)CC4(C)CC3(C)CC12. The zero-order valence-electron chi connectivity index (χ0n) is 28.3. The number of hydrogen-bond donors (Lipinski definition) is 2. The molecule has 5 aliphatic carbocycles. The Morgan fingerprint density at radius 3 is 2.10 bits per heavy atom. The number of hydrogen-bond acceptors (Lipinski definition) is 2. The molecule has 0 saturated heterocycles. The van der Waals surface area contributed by atoms with Crippen molar-refractivity contribution in [3.63, 3.8) is 0 Å². The van der Waals surface area contributed by atoms with Crippen LogP contribution in [0.4, 0.5) is 0 Å². The highest BCUT2D eigenvalue weighted by atomic mass is 16.3. The fraction of sp³-hybridized carbons (Fsp3) is 1.00. The van der Waals surface area contributed by atoms with Crippen LogP contribution in [-0.2, 0) is 0 Å². The zero-order chi connectivity index (χ0) is 29.4. The van der Waals surface area contributed by atoms with Gasteiger partial charge in [0.1, 0.15) is 0 Å². The first-order chi connectivity index (χ1) is 18.7. The minimum absolute atomic E-state index is 0.0142. The summed E-state index contributed by atoms with van der Waals surface area (Å²) >= 11 is 0. The lowest BCUT2D eigenvalue weighted by Gasteiger charge is -2.72.